The van der Waals surface area contributed by atoms with Crippen molar-refractivity contribution in [2.45, 2.75) is 76.2 Å². The van der Waals surface area contributed by atoms with Gasteiger partial charge < -0.3 is 20.1 Å². The summed E-state index contributed by atoms with van der Waals surface area (Å²) >= 11 is 0. The number of nitrogens with zero attached hydrogens (tertiary/aromatic N) is 1. The van der Waals surface area contributed by atoms with Crippen LogP contribution in [0.1, 0.15) is 51.0 Å². The van der Waals surface area contributed by atoms with Crippen LogP contribution in [-0.4, -0.2) is 58.6 Å². The maximum atomic E-state index is 13.3. The first kappa shape index (κ1) is 21.3. The van der Waals surface area contributed by atoms with Gasteiger partial charge in [0, 0.05) is 19.4 Å². The SMILES string of the molecule is CCC[C@@H]1C[C@@H](O)CC(=O)NC(Cc2ccccc2)C(=O)N2CCC[C@H]2C(=O)O1. The van der Waals surface area contributed by atoms with Gasteiger partial charge in [-0.2, -0.15) is 0 Å². The Labute approximate surface area is 171 Å². The Bertz CT molecular complexity index is 723. The molecule has 2 aliphatic heterocycles. The smallest absolute Gasteiger partial charge is 0.329 e. The zero-order valence-corrected chi connectivity index (χ0v) is 16.9. The van der Waals surface area contributed by atoms with Gasteiger partial charge in [-0.3, -0.25) is 9.59 Å². The van der Waals surface area contributed by atoms with E-state index in [1.165, 1.54) is 0 Å². The molecule has 0 aromatic heterocycles. The van der Waals surface area contributed by atoms with Crippen molar-refractivity contribution < 1.29 is 24.2 Å². The molecule has 2 saturated heterocycles. The molecule has 0 saturated carbocycles. The molecule has 0 spiro atoms. The molecule has 7 heteroatoms. The minimum atomic E-state index is -0.925. The van der Waals surface area contributed by atoms with Gasteiger partial charge in [-0.05, 0) is 24.8 Å². The Morgan fingerprint density at radius 3 is 2.69 bits per heavy atom. The van der Waals surface area contributed by atoms with Gasteiger partial charge in [-0.15, -0.1) is 0 Å². The second-order valence-electron chi connectivity index (χ2n) is 7.94. The molecule has 1 unspecified atom stereocenters. The van der Waals surface area contributed by atoms with Crippen molar-refractivity contribution in [3.05, 3.63) is 35.9 Å². The monoisotopic (exact) mass is 402 g/mol. The van der Waals surface area contributed by atoms with Gasteiger partial charge in [-0.25, -0.2) is 4.79 Å². The molecule has 0 bridgehead atoms. The van der Waals surface area contributed by atoms with E-state index in [0.29, 0.717) is 25.8 Å². The Morgan fingerprint density at radius 1 is 1.21 bits per heavy atom. The van der Waals surface area contributed by atoms with Crippen molar-refractivity contribution in [3.8, 4) is 0 Å². The van der Waals surface area contributed by atoms with Crippen LogP contribution in [0.25, 0.3) is 0 Å². The first-order chi connectivity index (χ1) is 14.0. The van der Waals surface area contributed by atoms with Gasteiger partial charge in [0.2, 0.25) is 11.8 Å². The third-order valence-corrected chi connectivity index (χ3v) is 5.57. The van der Waals surface area contributed by atoms with Crippen LogP contribution in [0.5, 0.6) is 0 Å². The van der Waals surface area contributed by atoms with E-state index in [4.69, 9.17) is 4.74 Å². The number of ether oxygens (including phenoxy) is 1. The second kappa shape index (κ2) is 9.87. The fourth-order valence-corrected chi connectivity index (χ4v) is 4.17. The third-order valence-electron chi connectivity index (χ3n) is 5.57. The summed E-state index contributed by atoms with van der Waals surface area (Å²) in [5.74, 6) is -1.06. The predicted molar refractivity (Wildman–Crippen MR) is 107 cm³/mol. The average Bonchev–Trinajstić information content (AvgIpc) is 3.17. The first-order valence-corrected chi connectivity index (χ1v) is 10.5. The molecule has 1 aromatic rings. The standard InChI is InChI=1S/C22H30N2O5/c1-2-7-17-13-16(25)14-20(26)23-18(12-15-8-4-3-5-9-15)21(27)24-11-6-10-19(24)22(28)29-17/h3-5,8-9,16-19,25H,2,6-7,10-14H2,1H3,(H,23,26)/t16-,17-,18?,19+/m1/s1. The fraction of sp³-hybridized carbons (Fsp3) is 0.591. The number of esters is 1. The Morgan fingerprint density at radius 2 is 1.97 bits per heavy atom. The Hall–Kier alpha value is -2.41. The highest BCUT2D eigenvalue weighted by atomic mass is 16.5. The lowest BCUT2D eigenvalue weighted by atomic mass is 10.0. The number of rotatable bonds is 4. The number of aliphatic hydroxyl groups is 1. The first-order valence-electron chi connectivity index (χ1n) is 10.5. The summed E-state index contributed by atoms with van der Waals surface area (Å²) in [6.07, 6.45) is 1.73. The Kier molecular flexibility index (Phi) is 7.25. The van der Waals surface area contributed by atoms with Crippen LogP contribution in [0.3, 0.4) is 0 Å². The largest absolute Gasteiger partial charge is 0.461 e. The van der Waals surface area contributed by atoms with Crippen molar-refractivity contribution in [2.75, 3.05) is 6.54 Å². The summed E-state index contributed by atoms with van der Waals surface area (Å²) in [5.41, 5.74) is 0.917. The van der Waals surface area contributed by atoms with E-state index in [1.807, 2.05) is 37.3 Å². The van der Waals surface area contributed by atoms with E-state index in [0.717, 1.165) is 18.4 Å². The molecule has 4 atom stereocenters. The number of hydrogen-bond donors (Lipinski definition) is 2. The molecule has 2 amide bonds. The summed E-state index contributed by atoms with van der Waals surface area (Å²) in [4.78, 5) is 40.1. The maximum Gasteiger partial charge on any atom is 0.329 e. The number of amides is 2. The van der Waals surface area contributed by atoms with Crippen molar-refractivity contribution >= 4 is 17.8 Å². The fourth-order valence-electron chi connectivity index (χ4n) is 4.17. The zero-order valence-electron chi connectivity index (χ0n) is 16.9. The van der Waals surface area contributed by atoms with Crippen molar-refractivity contribution in [3.63, 3.8) is 0 Å². The van der Waals surface area contributed by atoms with E-state index in [1.54, 1.807) is 4.90 Å². The molecular weight excluding hydrogens is 372 g/mol. The predicted octanol–water partition coefficient (Wildman–Crippen LogP) is 1.57. The minimum absolute atomic E-state index is 0.125. The van der Waals surface area contributed by atoms with Gasteiger partial charge >= 0.3 is 5.97 Å². The van der Waals surface area contributed by atoms with Crippen LogP contribution >= 0.6 is 0 Å². The number of fused-ring (bicyclic) bond motifs is 1. The number of carbonyl (C=O) groups excluding carboxylic acids is 3. The molecule has 2 aliphatic rings. The maximum absolute atomic E-state index is 13.3. The number of cyclic esters (lactones) is 1. The summed E-state index contributed by atoms with van der Waals surface area (Å²) < 4.78 is 5.66. The normalized spacial score (nSPS) is 28.8. The van der Waals surface area contributed by atoms with Crippen LogP contribution in [0.15, 0.2) is 30.3 Å². The second-order valence-corrected chi connectivity index (χ2v) is 7.94. The number of benzene rings is 1. The molecule has 7 nitrogen and oxygen atoms in total. The number of nitrogens with one attached hydrogen (secondary N) is 1. The summed E-state index contributed by atoms with van der Waals surface area (Å²) in [5, 5.41) is 13.1. The number of aliphatic hydroxyl groups excluding tert-OH is 1. The van der Waals surface area contributed by atoms with Crippen molar-refractivity contribution in [1.82, 2.24) is 10.2 Å². The number of carbonyl (C=O) groups is 3. The van der Waals surface area contributed by atoms with Gasteiger partial charge in [0.05, 0.1) is 12.5 Å². The van der Waals surface area contributed by atoms with Crippen LogP contribution in [0.4, 0.5) is 0 Å². The lowest BCUT2D eigenvalue weighted by molar-refractivity contribution is -0.160. The van der Waals surface area contributed by atoms with Gasteiger partial charge in [0.1, 0.15) is 18.2 Å². The zero-order chi connectivity index (χ0) is 20.8. The molecular formula is C22H30N2O5. The van der Waals surface area contributed by atoms with Gasteiger partial charge in [0.15, 0.2) is 0 Å². The quantitative estimate of drug-likeness (QED) is 0.746. The molecule has 2 fully saturated rings. The third kappa shape index (κ3) is 5.56. The van der Waals surface area contributed by atoms with E-state index >= 15 is 0 Å². The highest BCUT2D eigenvalue weighted by Crippen LogP contribution is 2.23. The topological polar surface area (TPSA) is 95.9 Å². The van der Waals surface area contributed by atoms with Crippen molar-refractivity contribution in [1.29, 1.82) is 0 Å². The van der Waals surface area contributed by atoms with Crippen LogP contribution in [-0.2, 0) is 25.5 Å². The van der Waals surface area contributed by atoms with Gasteiger partial charge in [0.25, 0.3) is 0 Å². The molecule has 29 heavy (non-hydrogen) atoms. The van der Waals surface area contributed by atoms with Crippen LogP contribution in [0.2, 0.25) is 0 Å². The van der Waals surface area contributed by atoms with E-state index < -0.39 is 30.3 Å². The van der Waals surface area contributed by atoms with E-state index in [9.17, 15) is 19.5 Å². The summed E-state index contributed by atoms with van der Waals surface area (Å²) in [6, 6.07) is 8.03. The highest BCUT2D eigenvalue weighted by Gasteiger charge is 2.40. The molecule has 2 N–H and O–H groups in total. The van der Waals surface area contributed by atoms with Gasteiger partial charge in [-0.1, -0.05) is 43.7 Å². The van der Waals surface area contributed by atoms with Crippen LogP contribution in [0, 0.1) is 0 Å². The average molecular weight is 402 g/mol. The molecule has 0 aliphatic carbocycles. The molecule has 3 rings (SSSR count). The van der Waals surface area contributed by atoms with Crippen LogP contribution < -0.4 is 5.32 Å². The summed E-state index contributed by atoms with van der Waals surface area (Å²) in [7, 11) is 0. The molecule has 0 radical (unpaired) electrons. The number of hydrogen-bond acceptors (Lipinski definition) is 5. The lowest BCUT2D eigenvalue weighted by Crippen LogP contribution is -2.54. The molecule has 158 valence electrons. The van der Waals surface area contributed by atoms with Crippen molar-refractivity contribution in [2.24, 2.45) is 0 Å². The van der Waals surface area contributed by atoms with E-state index in [-0.39, 0.29) is 24.7 Å². The highest BCUT2D eigenvalue weighted by molar-refractivity contribution is 5.91. The van der Waals surface area contributed by atoms with E-state index in [2.05, 4.69) is 5.32 Å². The Balaban J connectivity index is 1.85. The molecule has 1 aromatic carbocycles. The molecule has 2 heterocycles. The minimum Gasteiger partial charge on any atom is -0.461 e. The summed E-state index contributed by atoms with van der Waals surface area (Å²) in [6.45, 7) is 2.45. The lowest BCUT2D eigenvalue weighted by Gasteiger charge is -2.31.